The number of carbonyl (C=O) groups excluding carboxylic acids is 1. The molecule has 1 heterocycles. The first kappa shape index (κ1) is 13.5. The summed E-state index contributed by atoms with van der Waals surface area (Å²) < 4.78 is 23.8. The number of nitrogens with zero attached hydrogens (tertiary/aromatic N) is 1. The predicted molar refractivity (Wildman–Crippen MR) is 62.8 cm³/mol. The lowest BCUT2D eigenvalue weighted by Gasteiger charge is -2.04. The Morgan fingerprint density at radius 2 is 2.24 bits per heavy atom. The SMILES string of the molecule is CS(=O)(=O)NCCCNC(=O)c1[nH]ncc1N. The molecular weight excluding hydrogens is 246 g/mol. The van der Waals surface area contributed by atoms with E-state index in [2.05, 4.69) is 20.2 Å². The van der Waals surface area contributed by atoms with Gasteiger partial charge in [0.25, 0.3) is 5.91 Å². The van der Waals surface area contributed by atoms with Crippen LogP contribution in [0.2, 0.25) is 0 Å². The van der Waals surface area contributed by atoms with E-state index >= 15 is 0 Å². The molecule has 0 saturated heterocycles. The van der Waals surface area contributed by atoms with Crippen LogP contribution in [0.3, 0.4) is 0 Å². The Hall–Kier alpha value is -1.61. The second-order valence-electron chi connectivity index (χ2n) is 3.48. The Bertz CT molecular complexity index is 481. The summed E-state index contributed by atoms with van der Waals surface area (Å²) in [6.45, 7) is 0.622. The van der Waals surface area contributed by atoms with Crippen LogP contribution in [-0.4, -0.2) is 43.9 Å². The minimum atomic E-state index is -3.17. The van der Waals surface area contributed by atoms with Gasteiger partial charge in [-0.3, -0.25) is 9.89 Å². The number of aromatic nitrogens is 2. The van der Waals surface area contributed by atoms with E-state index in [4.69, 9.17) is 5.73 Å². The van der Waals surface area contributed by atoms with Crippen molar-refractivity contribution in [1.82, 2.24) is 20.2 Å². The summed E-state index contributed by atoms with van der Waals surface area (Å²) in [4.78, 5) is 11.5. The molecule has 1 aromatic heterocycles. The molecule has 0 fully saturated rings. The highest BCUT2D eigenvalue weighted by atomic mass is 32.2. The molecule has 0 aliphatic carbocycles. The summed E-state index contributed by atoms with van der Waals surface area (Å²) >= 11 is 0. The number of hydrogen-bond acceptors (Lipinski definition) is 5. The second kappa shape index (κ2) is 5.64. The summed E-state index contributed by atoms with van der Waals surface area (Å²) in [6.07, 6.45) is 2.92. The zero-order chi connectivity index (χ0) is 12.9. The number of nitrogens with one attached hydrogen (secondary N) is 3. The van der Waals surface area contributed by atoms with Crippen LogP contribution < -0.4 is 15.8 Å². The van der Waals surface area contributed by atoms with Gasteiger partial charge in [0.15, 0.2) is 0 Å². The van der Waals surface area contributed by atoms with Crippen molar-refractivity contribution in [2.45, 2.75) is 6.42 Å². The van der Waals surface area contributed by atoms with Gasteiger partial charge >= 0.3 is 0 Å². The van der Waals surface area contributed by atoms with Gasteiger partial charge in [0.2, 0.25) is 10.0 Å². The first-order valence-corrected chi connectivity index (χ1v) is 6.81. The van der Waals surface area contributed by atoms with Gasteiger partial charge in [-0.05, 0) is 6.42 Å². The van der Waals surface area contributed by atoms with Crippen LogP contribution in [0.25, 0.3) is 0 Å². The van der Waals surface area contributed by atoms with Crippen LogP contribution >= 0.6 is 0 Å². The van der Waals surface area contributed by atoms with Crippen LogP contribution in [0.1, 0.15) is 16.9 Å². The molecule has 0 saturated carbocycles. The first-order valence-electron chi connectivity index (χ1n) is 4.92. The lowest BCUT2D eigenvalue weighted by molar-refractivity contribution is 0.0949. The predicted octanol–water partition coefficient (Wildman–Crippen LogP) is -1.34. The van der Waals surface area contributed by atoms with Crippen molar-refractivity contribution in [2.24, 2.45) is 0 Å². The highest BCUT2D eigenvalue weighted by Gasteiger charge is 2.10. The quantitative estimate of drug-likeness (QED) is 0.471. The number of H-pyrrole nitrogens is 1. The van der Waals surface area contributed by atoms with Crippen molar-refractivity contribution < 1.29 is 13.2 Å². The third-order valence-corrected chi connectivity index (χ3v) is 2.63. The molecule has 96 valence electrons. The lowest BCUT2D eigenvalue weighted by atomic mass is 10.3. The zero-order valence-electron chi connectivity index (χ0n) is 9.36. The molecule has 1 rings (SSSR count). The van der Waals surface area contributed by atoms with Gasteiger partial charge in [-0.1, -0.05) is 0 Å². The van der Waals surface area contributed by atoms with E-state index in [1.807, 2.05) is 0 Å². The molecule has 0 spiro atoms. The van der Waals surface area contributed by atoms with Crippen LogP contribution in [0, 0.1) is 0 Å². The number of carbonyl (C=O) groups is 1. The van der Waals surface area contributed by atoms with Gasteiger partial charge in [-0.15, -0.1) is 0 Å². The van der Waals surface area contributed by atoms with Crippen molar-refractivity contribution in [3.63, 3.8) is 0 Å². The Balaban J connectivity index is 2.24. The zero-order valence-corrected chi connectivity index (χ0v) is 10.2. The normalized spacial score (nSPS) is 11.4. The van der Waals surface area contributed by atoms with E-state index in [0.29, 0.717) is 13.0 Å². The standard InChI is InChI=1S/C8H15N5O3S/c1-17(15,16)12-4-2-3-10-8(14)7-6(9)5-11-13-7/h5,12H,2-4,9H2,1H3,(H,10,14)(H,11,13). The average molecular weight is 261 g/mol. The molecule has 17 heavy (non-hydrogen) atoms. The molecular formula is C8H15N5O3S. The van der Waals surface area contributed by atoms with Crippen LogP contribution in [0.5, 0.6) is 0 Å². The fourth-order valence-electron chi connectivity index (χ4n) is 1.11. The molecule has 9 heteroatoms. The number of nitrogens with two attached hydrogens (primary N) is 1. The van der Waals surface area contributed by atoms with Gasteiger partial charge in [0, 0.05) is 13.1 Å². The summed E-state index contributed by atoms with van der Waals surface area (Å²) in [7, 11) is -3.17. The van der Waals surface area contributed by atoms with E-state index in [1.165, 1.54) is 6.20 Å². The molecule has 1 amide bonds. The minimum absolute atomic E-state index is 0.209. The van der Waals surface area contributed by atoms with Crippen molar-refractivity contribution in [1.29, 1.82) is 0 Å². The molecule has 0 aromatic carbocycles. The van der Waals surface area contributed by atoms with Gasteiger partial charge in [-0.25, -0.2) is 13.1 Å². The number of anilines is 1. The monoisotopic (exact) mass is 261 g/mol. The lowest BCUT2D eigenvalue weighted by Crippen LogP contribution is -2.29. The highest BCUT2D eigenvalue weighted by Crippen LogP contribution is 2.04. The summed E-state index contributed by atoms with van der Waals surface area (Å²) in [5, 5.41) is 8.68. The third-order valence-electron chi connectivity index (χ3n) is 1.90. The summed E-state index contributed by atoms with van der Waals surface area (Å²) in [6, 6.07) is 0. The van der Waals surface area contributed by atoms with Gasteiger partial charge in [0.1, 0.15) is 5.69 Å². The molecule has 5 N–H and O–H groups in total. The maximum absolute atomic E-state index is 11.5. The molecule has 0 aliphatic heterocycles. The Labute approximate surface area is 99.0 Å². The first-order chi connectivity index (χ1) is 7.90. The maximum atomic E-state index is 11.5. The van der Waals surface area contributed by atoms with E-state index < -0.39 is 10.0 Å². The van der Waals surface area contributed by atoms with Gasteiger partial charge < -0.3 is 11.1 Å². The largest absolute Gasteiger partial charge is 0.396 e. The molecule has 0 bridgehead atoms. The fraction of sp³-hybridized carbons (Fsp3) is 0.500. The summed E-state index contributed by atoms with van der Waals surface area (Å²) in [5.74, 6) is -0.362. The number of rotatable bonds is 6. The summed E-state index contributed by atoms with van der Waals surface area (Å²) in [5.41, 5.74) is 5.97. The van der Waals surface area contributed by atoms with E-state index in [-0.39, 0.29) is 23.8 Å². The van der Waals surface area contributed by atoms with E-state index in [0.717, 1.165) is 6.26 Å². The van der Waals surface area contributed by atoms with Crippen molar-refractivity contribution in [2.75, 3.05) is 25.1 Å². The number of amides is 1. The highest BCUT2D eigenvalue weighted by molar-refractivity contribution is 7.88. The van der Waals surface area contributed by atoms with Gasteiger partial charge in [-0.2, -0.15) is 5.10 Å². The van der Waals surface area contributed by atoms with E-state index in [1.54, 1.807) is 0 Å². The smallest absolute Gasteiger partial charge is 0.271 e. The van der Waals surface area contributed by atoms with Gasteiger partial charge in [0.05, 0.1) is 18.1 Å². The number of aromatic amines is 1. The van der Waals surface area contributed by atoms with Crippen molar-refractivity contribution in [3.05, 3.63) is 11.9 Å². The number of nitrogen functional groups attached to an aromatic ring is 1. The third kappa shape index (κ3) is 4.83. The maximum Gasteiger partial charge on any atom is 0.271 e. The Morgan fingerprint density at radius 3 is 2.76 bits per heavy atom. The molecule has 8 nitrogen and oxygen atoms in total. The van der Waals surface area contributed by atoms with Crippen LogP contribution in [0.15, 0.2) is 6.20 Å². The molecule has 0 unspecified atom stereocenters. The second-order valence-corrected chi connectivity index (χ2v) is 5.31. The molecule has 0 radical (unpaired) electrons. The average Bonchev–Trinajstić information content (AvgIpc) is 2.62. The molecule has 0 aliphatic rings. The van der Waals surface area contributed by atoms with Crippen molar-refractivity contribution >= 4 is 21.6 Å². The van der Waals surface area contributed by atoms with E-state index in [9.17, 15) is 13.2 Å². The number of sulfonamides is 1. The molecule has 1 aromatic rings. The van der Waals surface area contributed by atoms with Crippen molar-refractivity contribution in [3.8, 4) is 0 Å². The number of hydrogen-bond donors (Lipinski definition) is 4. The van der Waals surface area contributed by atoms with Crippen LogP contribution in [0.4, 0.5) is 5.69 Å². The topological polar surface area (TPSA) is 130 Å². The fourth-order valence-corrected chi connectivity index (χ4v) is 1.63. The minimum Gasteiger partial charge on any atom is -0.396 e. The Kier molecular flexibility index (Phi) is 4.46. The molecule has 0 atom stereocenters. The Morgan fingerprint density at radius 1 is 1.53 bits per heavy atom. The van der Waals surface area contributed by atoms with Crippen LogP contribution in [-0.2, 0) is 10.0 Å².